The van der Waals surface area contributed by atoms with E-state index in [4.69, 9.17) is 5.73 Å². The monoisotopic (exact) mass is 240 g/mol. The van der Waals surface area contributed by atoms with Crippen molar-refractivity contribution in [1.82, 2.24) is 4.90 Å². The average Bonchev–Trinajstić information content (AvgIpc) is 3.04. The van der Waals surface area contributed by atoms with Gasteiger partial charge in [-0.15, -0.1) is 0 Å². The molecule has 2 aliphatic rings. The van der Waals surface area contributed by atoms with Gasteiger partial charge in [0, 0.05) is 25.6 Å². The lowest BCUT2D eigenvalue weighted by Gasteiger charge is -2.23. The Kier molecular flexibility index (Phi) is 3.73. The van der Waals surface area contributed by atoms with Gasteiger partial charge in [-0.25, -0.2) is 0 Å². The molecule has 0 aromatic heterocycles. The molecule has 0 aromatic carbocycles. The van der Waals surface area contributed by atoms with E-state index in [0.29, 0.717) is 25.3 Å². The summed E-state index contributed by atoms with van der Waals surface area (Å²) < 4.78 is 0. The summed E-state index contributed by atoms with van der Waals surface area (Å²) >= 11 is 0. The van der Waals surface area contributed by atoms with Gasteiger partial charge in [-0.1, -0.05) is 0 Å². The predicted molar refractivity (Wildman–Crippen MR) is 66.4 cm³/mol. The predicted octanol–water partition coefficient (Wildman–Crippen LogP) is 0.877. The topological polar surface area (TPSA) is 66.6 Å². The number of nitrogens with two attached hydrogens (primary N) is 1. The third-order valence-corrected chi connectivity index (χ3v) is 4.05. The van der Waals surface area contributed by atoms with E-state index in [2.05, 4.69) is 0 Å². The Labute approximate surface area is 103 Å². The van der Waals surface area contributed by atoms with Gasteiger partial charge >= 0.3 is 0 Å². The lowest BCUT2D eigenvalue weighted by Crippen LogP contribution is -2.38. The molecule has 1 aliphatic carbocycles. The molecule has 4 heteroatoms. The molecule has 1 aliphatic heterocycles. The standard InChI is InChI=1S/C13H24N2O2/c1-13(17)5-2-7-15(8-6-13)12(16)9-11(14)10-3-4-10/h10-11,17H,2-9,14H2,1H3. The number of carbonyl (C=O) groups is 1. The Balaban J connectivity index is 1.82. The van der Waals surface area contributed by atoms with Crippen molar-refractivity contribution in [2.24, 2.45) is 11.7 Å². The smallest absolute Gasteiger partial charge is 0.224 e. The Morgan fingerprint density at radius 3 is 2.82 bits per heavy atom. The van der Waals surface area contributed by atoms with Gasteiger partial charge in [0.15, 0.2) is 0 Å². The third kappa shape index (κ3) is 3.68. The first-order valence-electron chi connectivity index (χ1n) is 6.74. The van der Waals surface area contributed by atoms with Crippen LogP contribution in [-0.4, -0.2) is 40.6 Å². The first kappa shape index (κ1) is 12.8. The number of hydrogen-bond donors (Lipinski definition) is 2. The summed E-state index contributed by atoms with van der Waals surface area (Å²) in [5, 5.41) is 9.97. The van der Waals surface area contributed by atoms with Crippen LogP contribution in [0.15, 0.2) is 0 Å². The molecular formula is C13H24N2O2. The van der Waals surface area contributed by atoms with Gasteiger partial charge in [-0.3, -0.25) is 4.79 Å². The molecule has 2 fully saturated rings. The first-order chi connectivity index (χ1) is 7.98. The van der Waals surface area contributed by atoms with Gasteiger partial charge in [0.05, 0.1) is 5.60 Å². The second kappa shape index (κ2) is 4.94. The molecule has 17 heavy (non-hydrogen) atoms. The van der Waals surface area contributed by atoms with Gasteiger partial charge < -0.3 is 15.7 Å². The van der Waals surface area contributed by atoms with Gasteiger partial charge in [-0.2, -0.15) is 0 Å². The highest BCUT2D eigenvalue weighted by Gasteiger charge is 2.32. The van der Waals surface area contributed by atoms with Crippen molar-refractivity contribution in [2.75, 3.05) is 13.1 Å². The van der Waals surface area contributed by atoms with Gasteiger partial charge in [0.1, 0.15) is 0 Å². The summed E-state index contributed by atoms with van der Waals surface area (Å²) in [5.74, 6) is 0.746. The fourth-order valence-corrected chi connectivity index (χ4v) is 2.53. The lowest BCUT2D eigenvalue weighted by molar-refractivity contribution is -0.131. The minimum absolute atomic E-state index is 0.0475. The molecule has 2 rings (SSSR count). The van der Waals surface area contributed by atoms with Crippen LogP contribution >= 0.6 is 0 Å². The molecule has 2 unspecified atom stereocenters. The van der Waals surface area contributed by atoms with E-state index in [-0.39, 0.29) is 11.9 Å². The first-order valence-corrected chi connectivity index (χ1v) is 6.74. The van der Waals surface area contributed by atoms with Crippen LogP contribution in [0.2, 0.25) is 0 Å². The Morgan fingerprint density at radius 1 is 1.47 bits per heavy atom. The van der Waals surface area contributed by atoms with Crippen molar-refractivity contribution >= 4 is 5.91 Å². The number of rotatable bonds is 3. The fraction of sp³-hybridized carbons (Fsp3) is 0.923. The number of amides is 1. The zero-order valence-electron chi connectivity index (χ0n) is 10.7. The zero-order chi connectivity index (χ0) is 12.5. The Hall–Kier alpha value is -0.610. The highest BCUT2D eigenvalue weighted by atomic mass is 16.3. The summed E-state index contributed by atoms with van der Waals surface area (Å²) in [7, 11) is 0. The molecule has 1 heterocycles. The van der Waals surface area contributed by atoms with Crippen LogP contribution in [0.5, 0.6) is 0 Å². The van der Waals surface area contributed by atoms with Crippen LogP contribution < -0.4 is 5.73 Å². The van der Waals surface area contributed by atoms with Crippen LogP contribution in [0.1, 0.15) is 45.4 Å². The summed E-state index contributed by atoms with van der Waals surface area (Å²) in [4.78, 5) is 13.9. The molecule has 1 amide bonds. The number of nitrogens with zero attached hydrogens (tertiary/aromatic N) is 1. The maximum Gasteiger partial charge on any atom is 0.224 e. The van der Waals surface area contributed by atoms with Gasteiger partial charge in [0.2, 0.25) is 5.91 Å². The van der Waals surface area contributed by atoms with Crippen LogP contribution in [0.25, 0.3) is 0 Å². The van der Waals surface area contributed by atoms with Crippen molar-refractivity contribution in [3.63, 3.8) is 0 Å². The van der Waals surface area contributed by atoms with Crippen molar-refractivity contribution in [3.8, 4) is 0 Å². The molecule has 1 saturated heterocycles. The van der Waals surface area contributed by atoms with E-state index >= 15 is 0 Å². The van der Waals surface area contributed by atoms with Gasteiger partial charge in [0.25, 0.3) is 0 Å². The number of hydrogen-bond acceptors (Lipinski definition) is 3. The van der Waals surface area contributed by atoms with Crippen LogP contribution in [0, 0.1) is 5.92 Å². The van der Waals surface area contributed by atoms with Crippen LogP contribution in [0.3, 0.4) is 0 Å². The highest BCUT2D eigenvalue weighted by molar-refractivity contribution is 5.77. The van der Waals surface area contributed by atoms with E-state index in [1.165, 1.54) is 12.8 Å². The van der Waals surface area contributed by atoms with E-state index < -0.39 is 5.60 Å². The third-order valence-electron chi connectivity index (χ3n) is 4.05. The molecule has 0 spiro atoms. The molecule has 98 valence electrons. The highest BCUT2D eigenvalue weighted by Crippen LogP contribution is 2.33. The van der Waals surface area contributed by atoms with Crippen molar-refractivity contribution in [1.29, 1.82) is 0 Å². The molecule has 0 aromatic rings. The maximum atomic E-state index is 12.1. The molecule has 0 bridgehead atoms. The maximum absolute atomic E-state index is 12.1. The Morgan fingerprint density at radius 2 is 2.18 bits per heavy atom. The van der Waals surface area contributed by atoms with Crippen molar-refractivity contribution < 1.29 is 9.90 Å². The van der Waals surface area contributed by atoms with Crippen LogP contribution in [-0.2, 0) is 4.79 Å². The Bertz CT molecular complexity index is 287. The molecular weight excluding hydrogens is 216 g/mol. The second-order valence-corrected chi connectivity index (χ2v) is 5.94. The lowest BCUT2D eigenvalue weighted by atomic mass is 9.98. The molecule has 0 radical (unpaired) electrons. The van der Waals surface area contributed by atoms with Gasteiger partial charge in [-0.05, 0) is 44.9 Å². The van der Waals surface area contributed by atoms with E-state index in [1.54, 1.807) is 0 Å². The van der Waals surface area contributed by atoms with E-state index in [1.807, 2.05) is 11.8 Å². The van der Waals surface area contributed by atoms with Crippen molar-refractivity contribution in [3.05, 3.63) is 0 Å². The number of likely N-dealkylation sites (tertiary alicyclic amines) is 1. The molecule has 1 saturated carbocycles. The number of aliphatic hydroxyl groups is 1. The summed E-state index contributed by atoms with van der Waals surface area (Å²) in [5.41, 5.74) is 5.38. The van der Waals surface area contributed by atoms with E-state index in [0.717, 1.165) is 19.4 Å². The summed E-state index contributed by atoms with van der Waals surface area (Å²) in [6.45, 7) is 3.30. The minimum atomic E-state index is -0.604. The van der Waals surface area contributed by atoms with Crippen LogP contribution in [0.4, 0.5) is 0 Å². The largest absolute Gasteiger partial charge is 0.390 e. The minimum Gasteiger partial charge on any atom is -0.390 e. The average molecular weight is 240 g/mol. The van der Waals surface area contributed by atoms with Crippen molar-refractivity contribution in [2.45, 2.75) is 57.1 Å². The van der Waals surface area contributed by atoms with E-state index in [9.17, 15) is 9.90 Å². The summed E-state index contributed by atoms with van der Waals surface area (Å²) in [6.07, 6.45) is 5.19. The molecule has 4 nitrogen and oxygen atoms in total. The fourth-order valence-electron chi connectivity index (χ4n) is 2.53. The number of carbonyl (C=O) groups excluding carboxylic acids is 1. The molecule has 2 atom stereocenters. The second-order valence-electron chi connectivity index (χ2n) is 5.94. The SMILES string of the molecule is CC1(O)CCCN(C(=O)CC(N)C2CC2)CC1. The zero-order valence-corrected chi connectivity index (χ0v) is 10.7. The quantitative estimate of drug-likeness (QED) is 0.769. The normalized spacial score (nSPS) is 32.1. The molecule has 3 N–H and O–H groups in total. The summed E-state index contributed by atoms with van der Waals surface area (Å²) in [6, 6.07) is 0.0475.